The Hall–Kier alpha value is -0.830. The molecule has 3 saturated carbocycles. The Morgan fingerprint density at radius 3 is 2.24 bits per heavy atom. The van der Waals surface area contributed by atoms with E-state index in [9.17, 15) is 9.59 Å². The second kappa shape index (κ2) is 2.94. The van der Waals surface area contributed by atoms with Crippen molar-refractivity contribution in [2.45, 2.75) is 18.4 Å². The molecule has 90 valence electrons. The molecule has 4 aliphatic carbocycles. The van der Waals surface area contributed by atoms with Gasteiger partial charge in [0.05, 0.1) is 0 Å². The number of Topliss-reactive ketones (excluding diaryl/α,β-unsaturated/α-hetero) is 1. The first-order valence-electron chi connectivity index (χ1n) is 6.14. The molecule has 0 saturated heterocycles. The Kier molecular flexibility index (Phi) is 1.75. The third-order valence-corrected chi connectivity index (χ3v) is 5.55. The van der Waals surface area contributed by atoms with Crippen molar-refractivity contribution in [1.82, 2.24) is 0 Å². The predicted octanol–water partition coefficient (Wildman–Crippen LogP) is 1.40. The molecule has 0 heterocycles. The SMILES string of the molecule is CC(=O)OC1[C@H]2C=C[C@@H]1[C@@H]1C(=O)[C@H]2[C@H]2C(Cl)[C@@H]12. The van der Waals surface area contributed by atoms with Gasteiger partial charge >= 0.3 is 5.97 Å². The summed E-state index contributed by atoms with van der Waals surface area (Å²) in [5.74, 6) is 0.953. The van der Waals surface area contributed by atoms with E-state index in [1.807, 2.05) is 0 Å². The maximum absolute atomic E-state index is 12.2. The van der Waals surface area contributed by atoms with E-state index in [0.29, 0.717) is 17.6 Å². The third-order valence-electron chi connectivity index (χ3n) is 4.97. The van der Waals surface area contributed by atoms with Gasteiger partial charge in [0.15, 0.2) is 0 Å². The van der Waals surface area contributed by atoms with Crippen LogP contribution in [0.1, 0.15) is 6.92 Å². The largest absolute Gasteiger partial charge is 0.461 e. The second-order valence-electron chi connectivity index (χ2n) is 5.67. The number of ether oxygens (including phenoxy) is 1. The normalized spacial score (nSPS) is 56.9. The number of rotatable bonds is 1. The average molecular weight is 253 g/mol. The summed E-state index contributed by atoms with van der Waals surface area (Å²) < 4.78 is 5.41. The predicted molar refractivity (Wildman–Crippen MR) is 60.3 cm³/mol. The molecule has 0 amide bonds. The molecule has 3 nitrogen and oxygen atoms in total. The van der Waals surface area contributed by atoms with Crippen molar-refractivity contribution in [2.24, 2.45) is 35.5 Å². The molecule has 0 aromatic rings. The van der Waals surface area contributed by atoms with Crippen LogP contribution in [0.4, 0.5) is 0 Å². The number of alkyl halides is 1. The van der Waals surface area contributed by atoms with Gasteiger partial charge < -0.3 is 4.74 Å². The summed E-state index contributed by atoms with van der Waals surface area (Å²) in [4.78, 5) is 23.4. The number of hydrogen-bond acceptors (Lipinski definition) is 3. The molecule has 4 bridgehead atoms. The number of esters is 1. The lowest BCUT2D eigenvalue weighted by atomic mass is 9.72. The van der Waals surface area contributed by atoms with E-state index in [1.54, 1.807) is 0 Å². The highest BCUT2D eigenvalue weighted by Gasteiger charge is 2.74. The quantitative estimate of drug-likeness (QED) is 0.403. The van der Waals surface area contributed by atoms with Crippen molar-refractivity contribution in [3.63, 3.8) is 0 Å². The van der Waals surface area contributed by atoms with E-state index in [4.69, 9.17) is 16.3 Å². The number of hydrogen-bond donors (Lipinski definition) is 0. The van der Waals surface area contributed by atoms with Crippen molar-refractivity contribution in [1.29, 1.82) is 0 Å². The fraction of sp³-hybridized carbons (Fsp3) is 0.692. The van der Waals surface area contributed by atoms with Gasteiger partial charge in [-0.15, -0.1) is 11.6 Å². The maximum Gasteiger partial charge on any atom is 0.302 e. The Balaban J connectivity index is 1.72. The molecule has 8 atom stereocenters. The Bertz CT molecular complexity index is 428. The first-order chi connectivity index (χ1) is 8.11. The topological polar surface area (TPSA) is 43.4 Å². The molecule has 0 spiro atoms. The van der Waals surface area contributed by atoms with Crippen LogP contribution in [0.25, 0.3) is 0 Å². The first-order valence-corrected chi connectivity index (χ1v) is 6.58. The Labute approximate surface area is 104 Å². The van der Waals surface area contributed by atoms with Gasteiger partial charge in [-0.3, -0.25) is 9.59 Å². The summed E-state index contributed by atoms with van der Waals surface area (Å²) >= 11 is 6.25. The van der Waals surface area contributed by atoms with Gasteiger partial charge in [-0.2, -0.15) is 0 Å². The second-order valence-corrected chi connectivity index (χ2v) is 6.17. The number of fused-ring (bicyclic) bond motifs is 9. The van der Waals surface area contributed by atoms with Gasteiger partial charge in [0, 0.05) is 36.0 Å². The number of carbonyl (C=O) groups excluding carboxylic acids is 2. The van der Waals surface area contributed by atoms with Crippen molar-refractivity contribution >= 4 is 23.4 Å². The lowest BCUT2D eigenvalue weighted by Crippen LogP contribution is -2.46. The molecule has 0 aliphatic heterocycles. The molecule has 0 radical (unpaired) electrons. The average Bonchev–Trinajstić information content (AvgIpc) is 2.61. The smallest absolute Gasteiger partial charge is 0.302 e. The molecule has 3 fully saturated rings. The van der Waals surface area contributed by atoms with Crippen LogP contribution in [0.15, 0.2) is 12.2 Å². The van der Waals surface area contributed by atoms with E-state index >= 15 is 0 Å². The molecular weight excluding hydrogens is 240 g/mol. The van der Waals surface area contributed by atoms with E-state index in [2.05, 4.69) is 12.2 Å². The minimum Gasteiger partial charge on any atom is -0.461 e. The maximum atomic E-state index is 12.2. The van der Waals surface area contributed by atoms with Crippen LogP contribution in [-0.4, -0.2) is 23.2 Å². The summed E-state index contributed by atoms with van der Waals surface area (Å²) in [6.07, 6.45) is 4.02. The van der Waals surface area contributed by atoms with Crippen LogP contribution in [0, 0.1) is 35.5 Å². The zero-order valence-corrected chi connectivity index (χ0v) is 10.1. The fourth-order valence-electron chi connectivity index (χ4n) is 4.42. The summed E-state index contributed by atoms with van der Waals surface area (Å²) in [6.45, 7) is 1.43. The van der Waals surface area contributed by atoms with Gasteiger partial charge in [-0.25, -0.2) is 0 Å². The zero-order chi connectivity index (χ0) is 11.9. The highest BCUT2D eigenvalue weighted by Crippen LogP contribution is 2.69. The molecule has 2 unspecified atom stereocenters. The molecule has 4 heteroatoms. The van der Waals surface area contributed by atoms with Gasteiger partial charge in [0.25, 0.3) is 0 Å². The Morgan fingerprint density at radius 1 is 1.24 bits per heavy atom. The van der Waals surface area contributed by atoms with Crippen LogP contribution in [0.3, 0.4) is 0 Å². The van der Waals surface area contributed by atoms with E-state index in [1.165, 1.54) is 6.92 Å². The lowest BCUT2D eigenvalue weighted by molar-refractivity contribution is -0.158. The minimum absolute atomic E-state index is 0.00634. The molecule has 0 aromatic heterocycles. The number of carbonyl (C=O) groups is 2. The molecular formula is C13H13ClO3. The fourth-order valence-corrected chi connectivity index (χ4v) is 4.98. The van der Waals surface area contributed by atoms with Crippen LogP contribution >= 0.6 is 11.6 Å². The van der Waals surface area contributed by atoms with Crippen LogP contribution in [0.5, 0.6) is 0 Å². The molecule has 4 aliphatic rings. The third kappa shape index (κ3) is 1.05. The lowest BCUT2D eigenvalue weighted by Gasteiger charge is -2.36. The van der Waals surface area contributed by atoms with E-state index < -0.39 is 0 Å². The molecule has 0 aromatic carbocycles. The van der Waals surface area contributed by atoms with Crippen molar-refractivity contribution in [3.8, 4) is 0 Å². The summed E-state index contributed by atoms with van der Waals surface area (Å²) in [6, 6.07) is 0. The number of halogens is 1. The molecule has 0 N–H and O–H groups in total. The first kappa shape index (κ1) is 10.1. The zero-order valence-electron chi connectivity index (χ0n) is 9.38. The van der Waals surface area contributed by atoms with Gasteiger partial charge in [-0.1, -0.05) is 12.2 Å². The number of ketones is 1. The van der Waals surface area contributed by atoms with Gasteiger partial charge in [0.2, 0.25) is 0 Å². The van der Waals surface area contributed by atoms with Crippen LogP contribution < -0.4 is 0 Å². The summed E-state index contributed by atoms with van der Waals surface area (Å²) in [5, 5.41) is 0.172. The van der Waals surface area contributed by atoms with Crippen molar-refractivity contribution in [2.75, 3.05) is 0 Å². The van der Waals surface area contributed by atoms with Crippen molar-refractivity contribution in [3.05, 3.63) is 12.2 Å². The summed E-state index contributed by atoms with van der Waals surface area (Å²) in [5.41, 5.74) is 0. The van der Waals surface area contributed by atoms with Gasteiger partial charge in [-0.05, 0) is 11.8 Å². The monoisotopic (exact) mass is 252 g/mol. The van der Waals surface area contributed by atoms with E-state index in [0.717, 1.165) is 0 Å². The highest BCUT2D eigenvalue weighted by molar-refractivity contribution is 6.24. The van der Waals surface area contributed by atoms with Crippen molar-refractivity contribution < 1.29 is 14.3 Å². The van der Waals surface area contributed by atoms with E-state index in [-0.39, 0.29) is 41.1 Å². The standard InChI is InChI=1S/C13H13ClO3/c1-4(15)17-13-5-2-3-6(13)8-10-9(11(10)14)7(5)12(8)16/h2-3,5-11,13H,1H3/t5-,6+,7+,8-,9+,10-,11?,13?. The van der Waals surface area contributed by atoms with Crippen LogP contribution in [-0.2, 0) is 14.3 Å². The summed E-state index contributed by atoms with van der Waals surface area (Å²) in [7, 11) is 0. The highest BCUT2D eigenvalue weighted by atomic mass is 35.5. The van der Waals surface area contributed by atoms with Crippen LogP contribution in [0.2, 0.25) is 0 Å². The van der Waals surface area contributed by atoms with Gasteiger partial charge in [0.1, 0.15) is 11.9 Å². The Morgan fingerprint density at radius 2 is 1.76 bits per heavy atom. The minimum atomic E-state index is -0.251. The molecule has 17 heavy (non-hydrogen) atoms. The molecule has 4 rings (SSSR count).